The predicted molar refractivity (Wildman–Crippen MR) is 86.9 cm³/mol. The van der Waals surface area contributed by atoms with Crippen molar-refractivity contribution in [2.45, 2.75) is 52.1 Å². The third-order valence-electron chi connectivity index (χ3n) is 4.43. The summed E-state index contributed by atoms with van der Waals surface area (Å²) < 4.78 is 0. The highest BCUT2D eigenvalue weighted by Gasteiger charge is 2.23. The van der Waals surface area contributed by atoms with Gasteiger partial charge in [-0.3, -0.25) is 9.80 Å². The fourth-order valence-corrected chi connectivity index (χ4v) is 3.29. The monoisotopic (exact) mass is 274 g/mol. The first-order chi connectivity index (χ1) is 9.83. The van der Waals surface area contributed by atoms with Crippen molar-refractivity contribution in [3.63, 3.8) is 0 Å². The molecule has 1 aliphatic rings. The van der Waals surface area contributed by atoms with Gasteiger partial charge in [-0.1, -0.05) is 50.6 Å². The third-order valence-corrected chi connectivity index (χ3v) is 4.43. The molecule has 20 heavy (non-hydrogen) atoms. The quantitative estimate of drug-likeness (QED) is 0.747. The van der Waals surface area contributed by atoms with Crippen molar-refractivity contribution < 1.29 is 0 Å². The summed E-state index contributed by atoms with van der Waals surface area (Å²) in [5, 5.41) is 0. The summed E-state index contributed by atoms with van der Waals surface area (Å²) in [6.45, 7) is 10.6. The van der Waals surface area contributed by atoms with Crippen molar-refractivity contribution in [2.24, 2.45) is 0 Å². The minimum Gasteiger partial charge on any atom is -0.299 e. The molecule has 0 aliphatic carbocycles. The van der Waals surface area contributed by atoms with Gasteiger partial charge in [-0.05, 0) is 44.5 Å². The Morgan fingerprint density at radius 2 is 1.95 bits per heavy atom. The van der Waals surface area contributed by atoms with E-state index in [1.54, 1.807) is 0 Å². The number of piperidine rings is 1. The minimum absolute atomic E-state index is 0.771. The molecule has 2 heteroatoms. The molecule has 0 radical (unpaired) electrons. The molecule has 1 aromatic rings. The van der Waals surface area contributed by atoms with Crippen molar-refractivity contribution in [2.75, 3.05) is 26.2 Å². The SMILES string of the molecule is CCCN1CCCCC1CN(CC)Cc1ccccc1. The number of benzene rings is 1. The van der Waals surface area contributed by atoms with Crippen molar-refractivity contribution in [1.29, 1.82) is 0 Å². The standard InChI is InChI=1S/C18H30N2/c1-3-13-20-14-9-8-12-18(20)16-19(4-2)15-17-10-6-5-7-11-17/h5-7,10-11,18H,3-4,8-9,12-16H2,1-2H3. The summed E-state index contributed by atoms with van der Waals surface area (Å²) >= 11 is 0. The Labute approximate surface area is 124 Å². The summed E-state index contributed by atoms with van der Waals surface area (Å²) in [5.41, 5.74) is 1.44. The summed E-state index contributed by atoms with van der Waals surface area (Å²) in [6, 6.07) is 11.7. The molecule has 0 N–H and O–H groups in total. The van der Waals surface area contributed by atoms with Gasteiger partial charge in [-0.2, -0.15) is 0 Å². The Morgan fingerprint density at radius 3 is 2.65 bits per heavy atom. The second-order valence-electron chi connectivity index (χ2n) is 6.00. The molecule has 0 saturated carbocycles. The van der Waals surface area contributed by atoms with E-state index in [0.29, 0.717) is 0 Å². The fourth-order valence-electron chi connectivity index (χ4n) is 3.29. The maximum Gasteiger partial charge on any atom is 0.0234 e. The van der Waals surface area contributed by atoms with Gasteiger partial charge in [-0.25, -0.2) is 0 Å². The number of hydrogen-bond donors (Lipinski definition) is 0. The molecular formula is C18H30N2. The summed E-state index contributed by atoms with van der Waals surface area (Å²) in [7, 11) is 0. The van der Waals surface area contributed by atoms with Crippen LogP contribution in [0.1, 0.15) is 45.1 Å². The lowest BCUT2D eigenvalue weighted by Gasteiger charge is -2.38. The van der Waals surface area contributed by atoms with Crippen LogP contribution in [-0.2, 0) is 6.54 Å². The molecule has 0 aromatic heterocycles. The molecule has 0 amide bonds. The van der Waals surface area contributed by atoms with Crippen LogP contribution in [0.2, 0.25) is 0 Å². The van der Waals surface area contributed by atoms with Crippen LogP contribution in [0.4, 0.5) is 0 Å². The van der Waals surface area contributed by atoms with Crippen molar-refractivity contribution in [3.05, 3.63) is 35.9 Å². The lowest BCUT2D eigenvalue weighted by Crippen LogP contribution is -2.46. The van der Waals surface area contributed by atoms with Crippen LogP contribution in [0.15, 0.2) is 30.3 Å². The van der Waals surface area contributed by atoms with E-state index in [-0.39, 0.29) is 0 Å². The first kappa shape index (κ1) is 15.5. The number of likely N-dealkylation sites (tertiary alicyclic amines) is 1. The first-order valence-corrected chi connectivity index (χ1v) is 8.33. The summed E-state index contributed by atoms with van der Waals surface area (Å²) in [4.78, 5) is 5.32. The average molecular weight is 274 g/mol. The number of hydrogen-bond acceptors (Lipinski definition) is 2. The minimum atomic E-state index is 0.771. The highest BCUT2D eigenvalue weighted by Crippen LogP contribution is 2.19. The molecule has 2 nitrogen and oxygen atoms in total. The number of nitrogens with zero attached hydrogens (tertiary/aromatic N) is 2. The number of likely N-dealkylation sites (N-methyl/N-ethyl adjacent to an activating group) is 1. The maximum absolute atomic E-state index is 2.72. The van der Waals surface area contributed by atoms with E-state index in [0.717, 1.165) is 19.1 Å². The van der Waals surface area contributed by atoms with E-state index in [1.807, 2.05) is 0 Å². The van der Waals surface area contributed by atoms with Gasteiger partial charge in [0.25, 0.3) is 0 Å². The van der Waals surface area contributed by atoms with Crippen molar-refractivity contribution >= 4 is 0 Å². The fraction of sp³-hybridized carbons (Fsp3) is 0.667. The van der Waals surface area contributed by atoms with Crippen LogP contribution < -0.4 is 0 Å². The van der Waals surface area contributed by atoms with E-state index >= 15 is 0 Å². The lowest BCUT2D eigenvalue weighted by atomic mass is 10.0. The van der Waals surface area contributed by atoms with E-state index < -0.39 is 0 Å². The molecule has 0 bridgehead atoms. The molecule has 112 valence electrons. The van der Waals surface area contributed by atoms with E-state index in [2.05, 4.69) is 54.0 Å². The topological polar surface area (TPSA) is 6.48 Å². The molecule has 0 spiro atoms. The van der Waals surface area contributed by atoms with Gasteiger partial charge < -0.3 is 0 Å². The van der Waals surface area contributed by atoms with E-state index in [1.165, 1.54) is 50.9 Å². The normalized spacial score (nSPS) is 20.4. The largest absolute Gasteiger partial charge is 0.299 e. The lowest BCUT2D eigenvalue weighted by molar-refractivity contribution is 0.103. The molecule has 1 saturated heterocycles. The Kier molecular flexibility index (Phi) is 6.55. The molecule has 1 aromatic carbocycles. The zero-order valence-corrected chi connectivity index (χ0v) is 13.2. The summed E-state index contributed by atoms with van der Waals surface area (Å²) in [5.74, 6) is 0. The van der Waals surface area contributed by atoms with E-state index in [9.17, 15) is 0 Å². The first-order valence-electron chi connectivity index (χ1n) is 8.33. The highest BCUT2D eigenvalue weighted by atomic mass is 15.2. The van der Waals surface area contributed by atoms with Crippen LogP contribution in [0.5, 0.6) is 0 Å². The third kappa shape index (κ3) is 4.60. The second kappa shape index (κ2) is 8.43. The Bertz CT molecular complexity index is 361. The van der Waals surface area contributed by atoms with Crippen LogP contribution in [-0.4, -0.2) is 42.0 Å². The van der Waals surface area contributed by atoms with Crippen LogP contribution in [0, 0.1) is 0 Å². The zero-order valence-electron chi connectivity index (χ0n) is 13.2. The Hall–Kier alpha value is -0.860. The molecule has 1 aliphatic heterocycles. The Balaban J connectivity index is 1.90. The van der Waals surface area contributed by atoms with Crippen LogP contribution in [0.3, 0.4) is 0 Å². The molecule has 1 atom stereocenters. The maximum atomic E-state index is 2.72. The van der Waals surface area contributed by atoms with Crippen LogP contribution in [0.25, 0.3) is 0 Å². The zero-order chi connectivity index (χ0) is 14.2. The van der Waals surface area contributed by atoms with Crippen LogP contribution >= 0.6 is 0 Å². The molecular weight excluding hydrogens is 244 g/mol. The second-order valence-corrected chi connectivity index (χ2v) is 6.00. The van der Waals surface area contributed by atoms with E-state index in [4.69, 9.17) is 0 Å². The van der Waals surface area contributed by atoms with Crippen molar-refractivity contribution in [1.82, 2.24) is 9.80 Å². The van der Waals surface area contributed by atoms with Gasteiger partial charge in [0.05, 0.1) is 0 Å². The van der Waals surface area contributed by atoms with Gasteiger partial charge >= 0.3 is 0 Å². The van der Waals surface area contributed by atoms with Gasteiger partial charge in [0, 0.05) is 19.1 Å². The smallest absolute Gasteiger partial charge is 0.0234 e. The predicted octanol–water partition coefficient (Wildman–Crippen LogP) is 3.77. The van der Waals surface area contributed by atoms with Gasteiger partial charge in [-0.15, -0.1) is 0 Å². The molecule has 1 unspecified atom stereocenters. The number of rotatable bonds is 7. The van der Waals surface area contributed by atoms with Gasteiger partial charge in [0.15, 0.2) is 0 Å². The Morgan fingerprint density at radius 1 is 1.15 bits per heavy atom. The summed E-state index contributed by atoms with van der Waals surface area (Å²) in [6.07, 6.45) is 5.46. The molecule has 2 rings (SSSR count). The van der Waals surface area contributed by atoms with Gasteiger partial charge in [0.1, 0.15) is 0 Å². The van der Waals surface area contributed by atoms with Crippen molar-refractivity contribution in [3.8, 4) is 0 Å². The van der Waals surface area contributed by atoms with Gasteiger partial charge in [0.2, 0.25) is 0 Å². The highest BCUT2D eigenvalue weighted by molar-refractivity contribution is 5.14. The molecule has 1 fully saturated rings. The average Bonchev–Trinajstić information content (AvgIpc) is 2.50. The molecule has 1 heterocycles.